The molecular formula is C17H26ClNS2. The van der Waals surface area contributed by atoms with Crippen molar-refractivity contribution in [3.63, 3.8) is 0 Å². The topological polar surface area (TPSA) is 12.0 Å². The molecule has 1 nitrogen and oxygen atoms in total. The molecule has 0 bridgehead atoms. The third-order valence-electron chi connectivity index (χ3n) is 4.05. The Balaban J connectivity index is 2.01. The highest BCUT2D eigenvalue weighted by Crippen LogP contribution is 2.37. The average Bonchev–Trinajstić information content (AvgIpc) is 2.48. The van der Waals surface area contributed by atoms with Crippen LogP contribution in [0.2, 0.25) is 5.02 Å². The Morgan fingerprint density at radius 3 is 2.57 bits per heavy atom. The van der Waals surface area contributed by atoms with Gasteiger partial charge in [0.1, 0.15) is 0 Å². The van der Waals surface area contributed by atoms with Crippen molar-refractivity contribution in [2.45, 2.75) is 55.4 Å². The van der Waals surface area contributed by atoms with Crippen LogP contribution in [-0.4, -0.2) is 34.1 Å². The molecule has 4 atom stereocenters. The quantitative estimate of drug-likeness (QED) is 0.790. The van der Waals surface area contributed by atoms with Crippen LogP contribution in [0.3, 0.4) is 0 Å². The number of hydrogen-bond donors (Lipinski definition) is 1. The summed E-state index contributed by atoms with van der Waals surface area (Å²) in [4.78, 5) is 0. The van der Waals surface area contributed by atoms with Gasteiger partial charge in [0.05, 0.1) is 0 Å². The highest BCUT2D eigenvalue weighted by atomic mass is 35.5. The second-order valence-corrected chi connectivity index (χ2v) is 9.28. The van der Waals surface area contributed by atoms with Crippen LogP contribution in [0, 0.1) is 0 Å². The number of nitrogens with one attached hydrogen (secondary N) is 1. The molecule has 1 N–H and O–H groups in total. The molecule has 118 valence electrons. The van der Waals surface area contributed by atoms with Gasteiger partial charge in [-0.05, 0) is 37.1 Å². The molecule has 0 amide bonds. The molecule has 0 aliphatic carbocycles. The van der Waals surface area contributed by atoms with Gasteiger partial charge in [0.25, 0.3) is 0 Å². The first-order valence-corrected chi connectivity index (χ1v) is 10.2. The van der Waals surface area contributed by atoms with Gasteiger partial charge in [-0.15, -0.1) is 0 Å². The molecule has 0 radical (unpaired) electrons. The molecule has 1 aliphatic rings. The summed E-state index contributed by atoms with van der Waals surface area (Å²) < 4.78 is 0. The maximum atomic E-state index is 5.99. The summed E-state index contributed by atoms with van der Waals surface area (Å²) in [7, 11) is 0. The van der Waals surface area contributed by atoms with Gasteiger partial charge < -0.3 is 5.32 Å². The monoisotopic (exact) mass is 343 g/mol. The van der Waals surface area contributed by atoms with Crippen LogP contribution in [0.1, 0.15) is 32.8 Å². The van der Waals surface area contributed by atoms with Crippen LogP contribution in [0.4, 0.5) is 0 Å². The lowest BCUT2D eigenvalue weighted by atomic mass is 10.0. The predicted molar refractivity (Wildman–Crippen MR) is 100.0 cm³/mol. The summed E-state index contributed by atoms with van der Waals surface area (Å²) in [6.07, 6.45) is 2.28. The first-order chi connectivity index (χ1) is 10.1. The van der Waals surface area contributed by atoms with E-state index in [1.807, 2.05) is 12.1 Å². The highest BCUT2D eigenvalue weighted by molar-refractivity contribution is 8.07. The van der Waals surface area contributed by atoms with E-state index in [9.17, 15) is 0 Å². The van der Waals surface area contributed by atoms with Crippen LogP contribution >= 0.6 is 35.1 Å². The minimum atomic E-state index is 0.554. The molecule has 21 heavy (non-hydrogen) atoms. The minimum Gasteiger partial charge on any atom is -0.313 e. The molecule has 1 aromatic rings. The van der Waals surface area contributed by atoms with Crippen LogP contribution in [-0.2, 0) is 6.42 Å². The summed E-state index contributed by atoms with van der Waals surface area (Å²) >= 11 is 10.3. The fraction of sp³-hybridized carbons (Fsp3) is 0.647. The van der Waals surface area contributed by atoms with Gasteiger partial charge in [0, 0.05) is 32.6 Å². The van der Waals surface area contributed by atoms with Gasteiger partial charge in [0.2, 0.25) is 0 Å². The van der Waals surface area contributed by atoms with Crippen molar-refractivity contribution in [3.8, 4) is 0 Å². The van der Waals surface area contributed by atoms with E-state index in [0.717, 1.165) is 28.5 Å². The van der Waals surface area contributed by atoms with Crippen LogP contribution in [0.25, 0.3) is 0 Å². The van der Waals surface area contributed by atoms with Crippen molar-refractivity contribution in [3.05, 3.63) is 34.9 Å². The lowest BCUT2D eigenvalue weighted by Gasteiger charge is -2.36. The first-order valence-electron chi connectivity index (χ1n) is 7.85. The summed E-state index contributed by atoms with van der Waals surface area (Å²) in [5, 5.41) is 6.80. The van der Waals surface area contributed by atoms with Gasteiger partial charge >= 0.3 is 0 Å². The zero-order valence-corrected chi connectivity index (χ0v) is 15.5. The van der Waals surface area contributed by atoms with Crippen molar-refractivity contribution in [1.29, 1.82) is 0 Å². The van der Waals surface area contributed by atoms with Crippen LogP contribution in [0.15, 0.2) is 24.3 Å². The van der Waals surface area contributed by atoms with Crippen molar-refractivity contribution < 1.29 is 0 Å². The third kappa shape index (κ3) is 5.38. The van der Waals surface area contributed by atoms with Gasteiger partial charge in [-0.1, -0.05) is 44.5 Å². The number of hydrogen-bond acceptors (Lipinski definition) is 3. The molecule has 0 aromatic heterocycles. The Hall–Kier alpha value is 0.170. The fourth-order valence-electron chi connectivity index (χ4n) is 2.56. The largest absolute Gasteiger partial charge is 0.313 e. The van der Waals surface area contributed by atoms with Crippen molar-refractivity contribution in [1.82, 2.24) is 5.32 Å². The van der Waals surface area contributed by atoms with E-state index in [1.165, 1.54) is 17.7 Å². The highest BCUT2D eigenvalue weighted by Gasteiger charge is 2.31. The Morgan fingerprint density at radius 2 is 1.95 bits per heavy atom. The van der Waals surface area contributed by atoms with E-state index < -0.39 is 0 Å². The van der Waals surface area contributed by atoms with Gasteiger partial charge in [0.15, 0.2) is 0 Å². The fourth-order valence-corrected chi connectivity index (χ4v) is 5.81. The average molecular weight is 344 g/mol. The van der Waals surface area contributed by atoms with E-state index in [0.29, 0.717) is 11.3 Å². The number of benzene rings is 1. The molecule has 1 heterocycles. The Kier molecular flexibility index (Phi) is 7.27. The lowest BCUT2D eigenvalue weighted by Crippen LogP contribution is -2.45. The molecule has 1 fully saturated rings. The zero-order valence-electron chi connectivity index (χ0n) is 13.1. The summed E-state index contributed by atoms with van der Waals surface area (Å²) in [5.41, 5.74) is 1.38. The Morgan fingerprint density at radius 1 is 1.24 bits per heavy atom. The number of thioether (sulfide) groups is 2. The van der Waals surface area contributed by atoms with Crippen LogP contribution < -0.4 is 5.32 Å². The summed E-state index contributed by atoms with van der Waals surface area (Å²) in [6.45, 7) is 8.06. The van der Waals surface area contributed by atoms with E-state index in [2.05, 4.69) is 61.7 Å². The van der Waals surface area contributed by atoms with E-state index in [1.54, 1.807) is 0 Å². The maximum absolute atomic E-state index is 5.99. The maximum Gasteiger partial charge on any atom is 0.0406 e. The normalized spacial score (nSPS) is 27.5. The van der Waals surface area contributed by atoms with Crippen molar-refractivity contribution >= 4 is 35.1 Å². The summed E-state index contributed by atoms with van der Waals surface area (Å²) in [6, 6.07) is 8.88. The molecule has 1 aliphatic heterocycles. The standard InChI is InChI=1S/C17H26ClNS2/c1-4-9-19-16(10-14-5-7-15(18)8-6-14)17-11-20-12(2)13(3)21-17/h5-8,12-13,16-17,19H,4,9-11H2,1-3H3. The second-order valence-electron chi connectivity index (χ2n) is 5.81. The smallest absolute Gasteiger partial charge is 0.0406 e. The van der Waals surface area contributed by atoms with Gasteiger partial charge in [-0.3, -0.25) is 0 Å². The van der Waals surface area contributed by atoms with Gasteiger partial charge in [-0.2, -0.15) is 23.5 Å². The number of halogens is 1. The number of rotatable bonds is 6. The van der Waals surface area contributed by atoms with Crippen molar-refractivity contribution in [2.75, 3.05) is 12.3 Å². The second kappa shape index (κ2) is 8.71. The van der Waals surface area contributed by atoms with Crippen molar-refractivity contribution in [2.24, 2.45) is 0 Å². The van der Waals surface area contributed by atoms with E-state index in [-0.39, 0.29) is 0 Å². The molecule has 0 spiro atoms. The Bertz CT molecular complexity index is 423. The van der Waals surface area contributed by atoms with E-state index >= 15 is 0 Å². The van der Waals surface area contributed by atoms with Gasteiger partial charge in [-0.25, -0.2) is 0 Å². The molecule has 2 rings (SSSR count). The molecule has 0 saturated carbocycles. The molecule has 4 heteroatoms. The molecular weight excluding hydrogens is 318 g/mol. The lowest BCUT2D eigenvalue weighted by molar-refractivity contribution is 0.504. The molecule has 1 aromatic carbocycles. The predicted octanol–water partition coefficient (Wildman–Crippen LogP) is 4.88. The molecule has 4 unspecified atom stereocenters. The minimum absolute atomic E-state index is 0.554. The van der Waals surface area contributed by atoms with Crippen LogP contribution in [0.5, 0.6) is 0 Å². The third-order valence-corrected chi connectivity index (χ3v) is 7.85. The Labute approximate surface area is 143 Å². The molecule has 1 saturated heterocycles. The SMILES string of the molecule is CCCNC(Cc1ccc(Cl)cc1)C1CSC(C)C(C)S1. The zero-order chi connectivity index (χ0) is 15.2. The van der Waals surface area contributed by atoms with E-state index in [4.69, 9.17) is 11.6 Å². The summed E-state index contributed by atoms with van der Waals surface area (Å²) in [5.74, 6) is 1.26. The first kappa shape index (κ1) is 17.5.